The van der Waals surface area contributed by atoms with Gasteiger partial charge < -0.3 is 9.47 Å². The van der Waals surface area contributed by atoms with Gasteiger partial charge >= 0.3 is 0 Å². The molecule has 0 aliphatic carbocycles. The molecule has 0 saturated carbocycles. The van der Waals surface area contributed by atoms with Crippen molar-refractivity contribution in [3.8, 4) is 0 Å². The quantitative estimate of drug-likeness (QED) is 0.858. The molecule has 1 unspecified atom stereocenters. The Morgan fingerprint density at radius 1 is 1.19 bits per heavy atom. The highest BCUT2D eigenvalue weighted by atomic mass is 35.5. The van der Waals surface area contributed by atoms with E-state index in [0.717, 1.165) is 44.5 Å². The molecular weight excluding hydrogens is 288 g/mol. The zero-order valence-electron chi connectivity index (χ0n) is 12.1. The molecule has 0 bridgehead atoms. The number of ether oxygens (including phenoxy) is 2. The summed E-state index contributed by atoms with van der Waals surface area (Å²) in [5.41, 5.74) is 0.925. The molecule has 4 heteroatoms. The minimum Gasteiger partial charge on any atom is -0.381 e. The Bertz CT molecular complexity index is 486. The van der Waals surface area contributed by atoms with Crippen molar-refractivity contribution in [3.63, 3.8) is 0 Å². The van der Waals surface area contributed by atoms with Crippen molar-refractivity contribution in [1.29, 1.82) is 0 Å². The Morgan fingerprint density at radius 2 is 1.90 bits per heavy atom. The Hall–Kier alpha value is -0.900. The van der Waals surface area contributed by atoms with Gasteiger partial charge in [0.25, 0.3) is 0 Å². The first-order chi connectivity index (χ1) is 10.2. The number of ketones is 1. The summed E-state index contributed by atoms with van der Waals surface area (Å²) >= 11 is 5.88. The van der Waals surface area contributed by atoms with Crippen LogP contribution < -0.4 is 0 Å². The number of rotatable bonds is 3. The first-order valence-corrected chi connectivity index (χ1v) is 8.04. The second-order valence-corrected chi connectivity index (χ2v) is 6.54. The molecule has 3 rings (SSSR count). The van der Waals surface area contributed by atoms with Crippen molar-refractivity contribution >= 4 is 17.4 Å². The maximum Gasteiger partial charge on any atom is 0.140 e. The predicted octanol–water partition coefficient (Wildman–Crippen LogP) is 3.43. The zero-order valence-corrected chi connectivity index (χ0v) is 12.9. The lowest BCUT2D eigenvalue weighted by Gasteiger charge is -2.43. The van der Waals surface area contributed by atoms with E-state index in [-0.39, 0.29) is 11.5 Å². The van der Waals surface area contributed by atoms with Crippen LogP contribution in [-0.4, -0.2) is 31.2 Å². The van der Waals surface area contributed by atoms with Gasteiger partial charge in [-0.3, -0.25) is 4.79 Å². The van der Waals surface area contributed by atoms with E-state index in [4.69, 9.17) is 21.1 Å². The van der Waals surface area contributed by atoms with E-state index in [1.54, 1.807) is 0 Å². The third-order valence-corrected chi connectivity index (χ3v) is 4.90. The van der Waals surface area contributed by atoms with E-state index < -0.39 is 0 Å². The number of halogens is 1. The lowest BCUT2D eigenvalue weighted by Crippen LogP contribution is -2.46. The van der Waals surface area contributed by atoms with E-state index in [2.05, 4.69) is 0 Å². The van der Waals surface area contributed by atoms with Gasteiger partial charge in [0.2, 0.25) is 0 Å². The average molecular weight is 309 g/mol. The molecule has 0 N–H and O–H groups in total. The zero-order chi connectivity index (χ0) is 14.7. The van der Waals surface area contributed by atoms with Crippen LogP contribution in [0.15, 0.2) is 24.3 Å². The lowest BCUT2D eigenvalue weighted by molar-refractivity contribution is -0.156. The lowest BCUT2D eigenvalue weighted by atomic mass is 9.78. The van der Waals surface area contributed by atoms with E-state index in [1.165, 1.54) is 0 Å². The van der Waals surface area contributed by atoms with Crippen LogP contribution in [0.4, 0.5) is 0 Å². The fourth-order valence-corrected chi connectivity index (χ4v) is 3.47. The molecule has 1 aromatic carbocycles. The van der Waals surface area contributed by atoms with Crippen LogP contribution in [0, 0.1) is 5.92 Å². The van der Waals surface area contributed by atoms with Gasteiger partial charge in [-0.25, -0.2) is 0 Å². The van der Waals surface area contributed by atoms with Crippen LogP contribution in [0.1, 0.15) is 31.2 Å². The molecule has 3 nitrogen and oxygen atoms in total. The Morgan fingerprint density at radius 3 is 2.62 bits per heavy atom. The van der Waals surface area contributed by atoms with Crippen LogP contribution in [0.2, 0.25) is 5.02 Å². The van der Waals surface area contributed by atoms with Gasteiger partial charge in [-0.1, -0.05) is 23.7 Å². The largest absolute Gasteiger partial charge is 0.381 e. The SMILES string of the molecule is O=C(Cc1ccc(Cl)cc1)C1CCOC2(CCOCC2)C1. The number of carbonyl (C=O) groups excluding carboxylic acids is 1. The molecule has 1 spiro atoms. The van der Waals surface area contributed by atoms with E-state index in [0.29, 0.717) is 23.8 Å². The normalized spacial score (nSPS) is 24.9. The van der Waals surface area contributed by atoms with Crippen LogP contribution in [-0.2, 0) is 20.7 Å². The maximum absolute atomic E-state index is 12.6. The van der Waals surface area contributed by atoms with Crippen molar-refractivity contribution in [2.75, 3.05) is 19.8 Å². The van der Waals surface area contributed by atoms with Crippen molar-refractivity contribution in [2.24, 2.45) is 5.92 Å². The molecule has 2 heterocycles. The second-order valence-electron chi connectivity index (χ2n) is 6.10. The third kappa shape index (κ3) is 3.65. The molecule has 1 atom stereocenters. The average Bonchev–Trinajstić information content (AvgIpc) is 2.50. The topological polar surface area (TPSA) is 35.5 Å². The number of Topliss-reactive ketones (excluding diaryl/α,β-unsaturated/α-hetero) is 1. The number of hydrogen-bond acceptors (Lipinski definition) is 3. The maximum atomic E-state index is 12.6. The molecule has 1 aromatic rings. The van der Waals surface area contributed by atoms with Crippen molar-refractivity contribution in [2.45, 2.75) is 37.7 Å². The molecule has 2 aliphatic heterocycles. The third-order valence-electron chi connectivity index (χ3n) is 4.64. The highest BCUT2D eigenvalue weighted by molar-refractivity contribution is 6.30. The molecule has 0 aromatic heterocycles. The summed E-state index contributed by atoms with van der Waals surface area (Å²) in [4.78, 5) is 12.6. The Balaban J connectivity index is 1.62. The predicted molar refractivity (Wildman–Crippen MR) is 81.6 cm³/mol. The summed E-state index contributed by atoms with van der Waals surface area (Å²) in [5, 5.41) is 0.707. The minimum atomic E-state index is -0.114. The van der Waals surface area contributed by atoms with E-state index in [9.17, 15) is 4.79 Å². The van der Waals surface area contributed by atoms with Crippen molar-refractivity contribution in [3.05, 3.63) is 34.9 Å². The summed E-state index contributed by atoms with van der Waals surface area (Å²) < 4.78 is 11.4. The molecule has 0 radical (unpaired) electrons. The molecule has 0 amide bonds. The van der Waals surface area contributed by atoms with Gasteiger partial charge in [-0.05, 0) is 43.4 Å². The number of benzene rings is 1. The molecule has 114 valence electrons. The van der Waals surface area contributed by atoms with Gasteiger partial charge in [-0.15, -0.1) is 0 Å². The van der Waals surface area contributed by atoms with E-state index in [1.807, 2.05) is 24.3 Å². The smallest absolute Gasteiger partial charge is 0.140 e. The van der Waals surface area contributed by atoms with Gasteiger partial charge in [0, 0.05) is 37.2 Å². The van der Waals surface area contributed by atoms with E-state index >= 15 is 0 Å². The van der Waals surface area contributed by atoms with Crippen LogP contribution in [0.25, 0.3) is 0 Å². The number of carbonyl (C=O) groups is 1. The van der Waals surface area contributed by atoms with Gasteiger partial charge in [-0.2, -0.15) is 0 Å². The minimum absolute atomic E-state index is 0.114. The fraction of sp³-hybridized carbons (Fsp3) is 0.588. The highest BCUT2D eigenvalue weighted by Gasteiger charge is 2.40. The van der Waals surface area contributed by atoms with Crippen LogP contribution in [0.3, 0.4) is 0 Å². The first-order valence-electron chi connectivity index (χ1n) is 7.66. The summed E-state index contributed by atoms with van der Waals surface area (Å²) in [5.74, 6) is 0.444. The molecular formula is C17H21ClO3. The summed E-state index contributed by atoms with van der Waals surface area (Å²) in [6.45, 7) is 2.19. The standard InChI is InChI=1S/C17H21ClO3/c18-15-3-1-13(2-4-15)11-16(19)14-5-8-21-17(12-14)6-9-20-10-7-17/h1-4,14H,5-12H2. The van der Waals surface area contributed by atoms with Crippen molar-refractivity contribution in [1.82, 2.24) is 0 Å². The van der Waals surface area contributed by atoms with Gasteiger partial charge in [0.15, 0.2) is 0 Å². The van der Waals surface area contributed by atoms with Crippen molar-refractivity contribution < 1.29 is 14.3 Å². The first kappa shape index (κ1) is 15.0. The molecule has 2 fully saturated rings. The summed E-state index contributed by atoms with van der Waals surface area (Å²) in [7, 11) is 0. The Labute approximate surface area is 130 Å². The Kier molecular flexibility index (Phi) is 4.63. The molecule has 2 saturated heterocycles. The monoisotopic (exact) mass is 308 g/mol. The number of hydrogen-bond donors (Lipinski definition) is 0. The fourth-order valence-electron chi connectivity index (χ4n) is 3.34. The van der Waals surface area contributed by atoms with Gasteiger partial charge in [0.05, 0.1) is 5.60 Å². The highest BCUT2D eigenvalue weighted by Crippen LogP contribution is 2.37. The second kappa shape index (κ2) is 6.47. The summed E-state index contributed by atoms with van der Waals surface area (Å²) in [6.07, 6.45) is 4.02. The molecule has 2 aliphatic rings. The van der Waals surface area contributed by atoms with Crippen LogP contribution >= 0.6 is 11.6 Å². The molecule has 21 heavy (non-hydrogen) atoms. The van der Waals surface area contributed by atoms with Crippen LogP contribution in [0.5, 0.6) is 0 Å². The van der Waals surface area contributed by atoms with Gasteiger partial charge in [0.1, 0.15) is 5.78 Å². The summed E-state index contributed by atoms with van der Waals surface area (Å²) in [6, 6.07) is 7.55.